The number of halogens is 1. The summed E-state index contributed by atoms with van der Waals surface area (Å²) in [6, 6.07) is 1.95. The maximum Gasteiger partial charge on any atom is 0.239 e. The molecule has 1 amide bonds. The summed E-state index contributed by atoms with van der Waals surface area (Å²) in [5.74, 6) is 0.0807. The molecule has 2 rings (SSSR count). The Hall–Kier alpha value is -0.430. The van der Waals surface area contributed by atoms with Crippen molar-refractivity contribution in [3.63, 3.8) is 0 Å². The van der Waals surface area contributed by atoms with E-state index >= 15 is 0 Å². The number of morpholine rings is 1. The molecule has 1 aromatic heterocycles. The molecule has 1 unspecified atom stereocenters. The summed E-state index contributed by atoms with van der Waals surface area (Å²) in [5, 5.41) is 5.03. The van der Waals surface area contributed by atoms with E-state index in [2.05, 4.69) is 44.5 Å². The lowest BCUT2D eigenvalue weighted by molar-refractivity contribution is -0.132. The molecule has 1 N–H and O–H groups in total. The third-order valence-corrected chi connectivity index (χ3v) is 4.75. The highest BCUT2D eigenvalue weighted by atomic mass is 79.9. The molecule has 106 valence electrons. The van der Waals surface area contributed by atoms with Crippen LogP contribution in [0.15, 0.2) is 15.9 Å². The molecule has 0 bridgehead atoms. The largest absolute Gasteiger partial charge is 0.378 e. The molecule has 0 spiro atoms. The summed E-state index contributed by atoms with van der Waals surface area (Å²) >= 11 is 5.18. The lowest BCUT2D eigenvalue weighted by Gasteiger charge is -2.34. The Morgan fingerprint density at radius 3 is 3.21 bits per heavy atom. The molecule has 2 heterocycles. The summed E-state index contributed by atoms with van der Waals surface area (Å²) < 4.78 is 6.55. The number of carbonyl (C=O) groups is 1. The molecule has 1 aliphatic rings. The smallest absolute Gasteiger partial charge is 0.239 e. The van der Waals surface area contributed by atoms with Crippen LogP contribution in [-0.4, -0.2) is 43.2 Å². The molecule has 0 aliphatic carbocycles. The van der Waals surface area contributed by atoms with Crippen molar-refractivity contribution in [2.45, 2.75) is 25.9 Å². The van der Waals surface area contributed by atoms with Gasteiger partial charge in [-0.3, -0.25) is 9.69 Å². The van der Waals surface area contributed by atoms with E-state index in [1.165, 1.54) is 4.88 Å². The summed E-state index contributed by atoms with van der Waals surface area (Å²) in [7, 11) is 0. The number of rotatable bonds is 5. The van der Waals surface area contributed by atoms with Crippen LogP contribution in [0.25, 0.3) is 0 Å². The minimum Gasteiger partial charge on any atom is -0.378 e. The van der Waals surface area contributed by atoms with Crippen molar-refractivity contribution >= 4 is 33.2 Å². The molecule has 1 atom stereocenters. The van der Waals surface area contributed by atoms with E-state index in [0.717, 1.165) is 30.5 Å². The molecule has 1 saturated heterocycles. The second kappa shape index (κ2) is 7.38. The zero-order valence-electron chi connectivity index (χ0n) is 11.0. The molecule has 1 aliphatic heterocycles. The van der Waals surface area contributed by atoms with E-state index in [9.17, 15) is 4.79 Å². The van der Waals surface area contributed by atoms with Gasteiger partial charge in [0.1, 0.15) is 6.04 Å². The van der Waals surface area contributed by atoms with Crippen molar-refractivity contribution in [1.29, 1.82) is 0 Å². The average Bonchev–Trinajstić information content (AvgIpc) is 2.82. The van der Waals surface area contributed by atoms with E-state index in [0.29, 0.717) is 13.2 Å². The van der Waals surface area contributed by atoms with Gasteiger partial charge in [-0.25, -0.2) is 0 Å². The van der Waals surface area contributed by atoms with Crippen molar-refractivity contribution < 1.29 is 9.53 Å². The van der Waals surface area contributed by atoms with Gasteiger partial charge in [-0.05, 0) is 28.4 Å². The fraction of sp³-hybridized carbons (Fsp3) is 0.615. The van der Waals surface area contributed by atoms with Crippen LogP contribution < -0.4 is 5.32 Å². The Morgan fingerprint density at radius 1 is 1.68 bits per heavy atom. The fourth-order valence-electron chi connectivity index (χ4n) is 2.07. The highest BCUT2D eigenvalue weighted by Gasteiger charge is 2.29. The molecule has 1 aromatic rings. The maximum atomic E-state index is 12.1. The van der Waals surface area contributed by atoms with Crippen LogP contribution in [0.2, 0.25) is 0 Å². The van der Waals surface area contributed by atoms with Gasteiger partial charge in [-0.2, -0.15) is 0 Å². The number of carbonyl (C=O) groups excluding carboxylic acids is 1. The summed E-state index contributed by atoms with van der Waals surface area (Å²) in [4.78, 5) is 15.6. The summed E-state index contributed by atoms with van der Waals surface area (Å²) in [6.07, 6.45) is 0.956. The van der Waals surface area contributed by atoms with Crippen molar-refractivity contribution in [1.82, 2.24) is 10.2 Å². The SMILES string of the molecule is CCCNC(=O)C1COCCN1Cc1cc(Br)cs1. The Labute approximate surface area is 126 Å². The second-order valence-corrected chi connectivity index (χ2v) is 6.49. The number of nitrogens with zero attached hydrogens (tertiary/aromatic N) is 1. The van der Waals surface area contributed by atoms with Gasteiger partial charge >= 0.3 is 0 Å². The van der Waals surface area contributed by atoms with Crippen LogP contribution >= 0.6 is 27.3 Å². The topological polar surface area (TPSA) is 41.6 Å². The number of amides is 1. The minimum atomic E-state index is -0.166. The Morgan fingerprint density at radius 2 is 2.53 bits per heavy atom. The van der Waals surface area contributed by atoms with E-state index in [-0.39, 0.29) is 11.9 Å². The average molecular weight is 347 g/mol. The van der Waals surface area contributed by atoms with E-state index < -0.39 is 0 Å². The highest BCUT2D eigenvalue weighted by Crippen LogP contribution is 2.22. The van der Waals surface area contributed by atoms with E-state index in [4.69, 9.17) is 4.74 Å². The fourth-order valence-corrected chi connectivity index (χ4v) is 3.55. The summed E-state index contributed by atoms with van der Waals surface area (Å²) in [5.41, 5.74) is 0. The predicted molar refractivity (Wildman–Crippen MR) is 80.3 cm³/mol. The van der Waals surface area contributed by atoms with Gasteiger partial charge in [0.05, 0.1) is 13.2 Å². The summed E-state index contributed by atoms with van der Waals surface area (Å²) in [6.45, 7) is 5.59. The number of ether oxygens (including phenoxy) is 1. The van der Waals surface area contributed by atoms with Gasteiger partial charge < -0.3 is 10.1 Å². The Kier molecular flexibility index (Phi) is 5.81. The van der Waals surface area contributed by atoms with Crippen molar-refractivity contribution in [2.75, 3.05) is 26.3 Å². The van der Waals surface area contributed by atoms with E-state index in [1.54, 1.807) is 11.3 Å². The molecular formula is C13H19BrN2O2S. The van der Waals surface area contributed by atoms with Crippen LogP contribution in [0.4, 0.5) is 0 Å². The zero-order valence-corrected chi connectivity index (χ0v) is 13.4. The van der Waals surface area contributed by atoms with Crippen LogP contribution in [-0.2, 0) is 16.1 Å². The Balaban J connectivity index is 1.97. The first-order valence-corrected chi connectivity index (χ1v) is 8.20. The zero-order chi connectivity index (χ0) is 13.7. The third kappa shape index (κ3) is 4.27. The lowest BCUT2D eigenvalue weighted by atomic mass is 10.2. The monoisotopic (exact) mass is 346 g/mol. The van der Waals surface area contributed by atoms with Crippen LogP contribution in [0.5, 0.6) is 0 Å². The van der Waals surface area contributed by atoms with Crippen LogP contribution in [0, 0.1) is 0 Å². The van der Waals surface area contributed by atoms with Crippen molar-refractivity contribution in [3.8, 4) is 0 Å². The van der Waals surface area contributed by atoms with Gasteiger partial charge in [0.2, 0.25) is 5.91 Å². The quantitative estimate of drug-likeness (QED) is 0.888. The standard InChI is InChI=1S/C13H19BrN2O2S/c1-2-3-15-13(17)12-8-18-5-4-16(12)7-11-6-10(14)9-19-11/h6,9,12H,2-5,7-8H2,1H3,(H,15,17). The normalized spacial score (nSPS) is 20.4. The molecule has 1 fully saturated rings. The number of nitrogens with one attached hydrogen (secondary N) is 1. The van der Waals surface area contributed by atoms with Gasteiger partial charge in [0.25, 0.3) is 0 Å². The molecule has 0 radical (unpaired) electrons. The third-order valence-electron chi connectivity index (χ3n) is 3.07. The molecule has 0 aromatic carbocycles. The minimum absolute atomic E-state index is 0.0807. The predicted octanol–water partition coefficient (Wildman–Crippen LogP) is 2.24. The molecule has 19 heavy (non-hydrogen) atoms. The number of hydrogen-bond donors (Lipinski definition) is 1. The molecular weight excluding hydrogens is 328 g/mol. The first kappa shape index (κ1) is 15.0. The van der Waals surface area contributed by atoms with Gasteiger partial charge in [-0.15, -0.1) is 11.3 Å². The van der Waals surface area contributed by atoms with Crippen LogP contribution in [0.1, 0.15) is 18.2 Å². The van der Waals surface area contributed by atoms with Gasteiger partial charge in [0.15, 0.2) is 0 Å². The first-order valence-electron chi connectivity index (χ1n) is 6.53. The van der Waals surface area contributed by atoms with Crippen molar-refractivity contribution in [2.24, 2.45) is 0 Å². The number of hydrogen-bond acceptors (Lipinski definition) is 4. The van der Waals surface area contributed by atoms with Crippen LogP contribution in [0.3, 0.4) is 0 Å². The number of thiophene rings is 1. The molecule has 0 saturated carbocycles. The Bertz CT molecular complexity index is 425. The molecule has 4 nitrogen and oxygen atoms in total. The van der Waals surface area contributed by atoms with Crippen molar-refractivity contribution in [3.05, 3.63) is 20.8 Å². The lowest BCUT2D eigenvalue weighted by Crippen LogP contribution is -2.53. The maximum absolute atomic E-state index is 12.1. The molecule has 6 heteroatoms. The van der Waals surface area contributed by atoms with E-state index in [1.807, 2.05) is 0 Å². The van der Waals surface area contributed by atoms with Gasteiger partial charge in [-0.1, -0.05) is 6.92 Å². The first-order chi connectivity index (χ1) is 9.20. The highest BCUT2D eigenvalue weighted by molar-refractivity contribution is 9.10. The van der Waals surface area contributed by atoms with Gasteiger partial charge in [0, 0.05) is 34.4 Å². The second-order valence-electron chi connectivity index (χ2n) is 4.58.